The molecule has 1 aliphatic rings. The molecule has 1 saturated carbocycles. The number of halogens is 1. The molecule has 0 spiro atoms. The monoisotopic (exact) mass is 144 g/mol. The Morgan fingerprint density at radius 1 is 1.70 bits per heavy atom. The van der Waals surface area contributed by atoms with Crippen LogP contribution in [-0.2, 0) is 0 Å². The summed E-state index contributed by atoms with van der Waals surface area (Å²) in [6, 6.07) is 0. The van der Waals surface area contributed by atoms with E-state index >= 15 is 0 Å². The van der Waals surface area contributed by atoms with Gasteiger partial charge in [-0.2, -0.15) is 0 Å². The zero-order valence-corrected chi connectivity index (χ0v) is 6.18. The quantitative estimate of drug-likeness (QED) is 0.584. The highest BCUT2D eigenvalue weighted by atomic mass is 19.1. The van der Waals surface area contributed by atoms with Crippen molar-refractivity contribution in [2.24, 2.45) is 5.92 Å². The van der Waals surface area contributed by atoms with Crippen molar-refractivity contribution in [1.29, 1.82) is 0 Å². The number of aliphatic hydroxyl groups is 1. The van der Waals surface area contributed by atoms with Crippen LogP contribution in [0.5, 0.6) is 0 Å². The van der Waals surface area contributed by atoms with E-state index in [1.165, 1.54) is 0 Å². The van der Waals surface area contributed by atoms with E-state index in [0.717, 1.165) is 0 Å². The molecule has 58 valence electrons. The molecule has 0 atom stereocenters. The summed E-state index contributed by atoms with van der Waals surface area (Å²) in [4.78, 5) is 0. The summed E-state index contributed by atoms with van der Waals surface area (Å²) in [5, 5.41) is 8.60. The SMILES string of the molecule is C/C=C/C1(F)CC(CO)C1. The van der Waals surface area contributed by atoms with Crippen molar-refractivity contribution in [3.8, 4) is 0 Å². The molecule has 1 N–H and O–H groups in total. The summed E-state index contributed by atoms with van der Waals surface area (Å²) in [5.74, 6) is 0.196. The largest absolute Gasteiger partial charge is 0.396 e. The average molecular weight is 144 g/mol. The molecule has 0 unspecified atom stereocenters. The van der Waals surface area contributed by atoms with E-state index in [4.69, 9.17) is 5.11 Å². The first-order chi connectivity index (χ1) is 4.70. The van der Waals surface area contributed by atoms with Gasteiger partial charge in [0.2, 0.25) is 0 Å². The molecular weight excluding hydrogens is 131 g/mol. The maximum Gasteiger partial charge on any atom is 0.129 e. The molecule has 0 aromatic carbocycles. The van der Waals surface area contributed by atoms with Gasteiger partial charge in [-0.25, -0.2) is 4.39 Å². The first kappa shape index (κ1) is 7.73. The van der Waals surface area contributed by atoms with Crippen molar-refractivity contribution in [2.45, 2.75) is 25.4 Å². The smallest absolute Gasteiger partial charge is 0.129 e. The first-order valence-electron chi connectivity index (χ1n) is 3.64. The van der Waals surface area contributed by atoms with Crippen LogP contribution in [0.2, 0.25) is 0 Å². The van der Waals surface area contributed by atoms with E-state index < -0.39 is 5.67 Å². The Morgan fingerprint density at radius 2 is 2.30 bits per heavy atom. The van der Waals surface area contributed by atoms with Gasteiger partial charge < -0.3 is 5.11 Å². The van der Waals surface area contributed by atoms with E-state index in [0.29, 0.717) is 12.8 Å². The van der Waals surface area contributed by atoms with Crippen LogP contribution in [0.1, 0.15) is 19.8 Å². The molecule has 0 aromatic rings. The van der Waals surface area contributed by atoms with Crippen LogP contribution in [0.25, 0.3) is 0 Å². The number of aliphatic hydroxyl groups excluding tert-OH is 1. The highest BCUT2D eigenvalue weighted by molar-refractivity contribution is 5.08. The Balaban J connectivity index is 2.34. The second-order valence-corrected chi connectivity index (χ2v) is 2.99. The van der Waals surface area contributed by atoms with Crippen LogP contribution < -0.4 is 0 Å². The summed E-state index contributed by atoms with van der Waals surface area (Å²) in [7, 11) is 0. The molecule has 1 aliphatic carbocycles. The lowest BCUT2D eigenvalue weighted by atomic mass is 9.72. The summed E-state index contributed by atoms with van der Waals surface area (Å²) in [6.07, 6.45) is 4.30. The number of hydrogen-bond acceptors (Lipinski definition) is 1. The molecule has 0 bridgehead atoms. The molecule has 0 amide bonds. The first-order valence-corrected chi connectivity index (χ1v) is 3.64. The van der Waals surface area contributed by atoms with Crippen LogP contribution in [0.15, 0.2) is 12.2 Å². The van der Waals surface area contributed by atoms with Gasteiger partial charge in [-0.05, 0) is 25.7 Å². The standard InChI is InChI=1S/C8H13FO/c1-2-3-8(9)4-7(5-8)6-10/h2-3,7,10H,4-6H2,1H3/b3-2+. The van der Waals surface area contributed by atoms with Gasteiger partial charge in [0.1, 0.15) is 5.67 Å². The van der Waals surface area contributed by atoms with E-state index in [2.05, 4.69) is 0 Å². The second-order valence-electron chi connectivity index (χ2n) is 2.99. The average Bonchev–Trinajstić information content (AvgIpc) is 1.83. The summed E-state index contributed by atoms with van der Waals surface area (Å²) >= 11 is 0. The maximum absolute atomic E-state index is 13.1. The zero-order chi connectivity index (χ0) is 7.61. The molecular formula is C8H13FO. The molecule has 1 nitrogen and oxygen atoms in total. The maximum atomic E-state index is 13.1. The van der Waals surface area contributed by atoms with Crippen LogP contribution in [0.3, 0.4) is 0 Å². The van der Waals surface area contributed by atoms with Gasteiger partial charge in [0, 0.05) is 6.61 Å². The molecule has 0 aromatic heterocycles. The number of allylic oxidation sites excluding steroid dienone is 2. The third-order valence-electron chi connectivity index (χ3n) is 1.98. The summed E-state index contributed by atoms with van der Waals surface area (Å²) < 4.78 is 13.1. The van der Waals surface area contributed by atoms with Gasteiger partial charge in [-0.1, -0.05) is 12.2 Å². The predicted octanol–water partition coefficient (Wildman–Crippen LogP) is 1.67. The fraction of sp³-hybridized carbons (Fsp3) is 0.750. The summed E-state index contributed by atoms with van der Waals surface area (Å²) in [6.45, 7) is 1.94. The molecule has 1 rings (SSSR count). The Kier molecular flexibility index (Phi) is 2.09. The van der Waals surface area contributed by atoms with E-state index in [-0.39, 0.29) is 12.5 Å². The zero-order valence-electron chi connectivity index (χ0n) is 6.18. The number of rotatable bonds is 2. The van der Waals surface area contributed by atoms with E-state index in [1.807, 2.05) is 6.92 Å². The minimum atomic E-state index is -1.10. The molecule has 2 heteroatoms. The fourth-order valence-electron chi connectivity index (χ4n) is 1.46. The molecule has 0 saturated heterocycles. The van der Waals surface area contributed by atoms with Crippen molar-refractivity contribution >= 4 is 0 Å². The van der Waals surface area contributed by atoms with Gasteiger partial charge in [0.05, 0.1) is 0 Å². The van der Waals surface area contributed by atoms with Gasteiger partial charge in [0.15, 0.2) is 0 Å². The Hall–Kier alpha value is -0.370. The summed E-state index contributed by atoms with van der Waals surface area (Å²) in [5.41, 5.74) is -1.10. The Labute approximate surface area is 60.6 Å². The highest BCUT2D eigenvalue weighted by Crippen LogP contribution is 2.41. The Bertz CT molecular complexity index is 136. The van der Waals surface area contributed by atoms with E-state index in [1.54, 1.807) is 12.2 Å². The van der Waals surface area contributed by atoms with Gasteiger partial charge in [-0.15, -0.1) is 0 Å². The Morgan fingerprint density at radius 3 is 2.70 bits per heavy atom. The van der Waals surface area contributed by atoms with Crippen molar-refractivity contribution < 1.29 is 9.50 Å². The minimum Gasteiger partial charge on any atom is -0.396 e. The van der Waals surface area contributed by atoms with Crippen LogP contribution in [0, 0.1) is 5.92 Å². The van der Waals surface area contributed by atoms with Crippen molar-refractivity contribution in [2.75, 3.05) is 6.61 Å². The predicted molar refractivity (Wildman–Crippen MR) is 38.5 cm³/mol. The number of hydrogen-bond donors (Lipinski definition) is 1. The lowest BCUT2D eigenvalue weighted by Crippen LogP contribution is -2.39. The molecule has 0 radical (unpaired) electrons. The van der Waals surface area contributed by atoms with E-state index in [9.17, 15) is 4.39 Å². The van der Waals surface area contributed by atoms with Gasteiger partial charge in [-0.3, -0.25) is 0 Å². The van der Waals surface area contributed by atoms with Crippen LogP contribution in [0.4, 0.5) is 4.39 Å². The molecule has 0 heterocycles. The second kappa shape index (κ2) is 2.70. The van der Waals surface area contributed by atoms with Crippen molar-refractivity contribution in [3.05, 3.63) is 12.2 Å². The lowest BCUT2D eigenvalue weighted by Gasteiger charge is -2.38. The van der Waals surface area contributed by atoms with Crippen molar-refractivity contribution in [3.63, 3.8) is 0 Å². The highest BCUT2D eigenvalue weighted by Gasteiger charge is 2.41. The molecule has 0 aliphatic heterocycles. The molecule has 10 heavy (non-hydrogen) atoms. The fourth-order valence-corrected chi connectivity index (χ4v) is 1.46. The van der Waals surface area contributed by atoms with Crippen LogP contribution in [-0.4, -0.2) is 17.4 Å². The topological polar surface area (TPSA) is 20.2 Å². The number of alkyl halides is 1. The van der Waals surface area contributed by atoms with Crippen LogP contribution >= 0.6 is 0 Å². The normalized spacial score (nSPS) is 40.1. The minimum absolute atomic E-state index is 0.128. The van der Waals surface area contributed by atoms with Gasteiger partial charge in [0.25, 0.3) is 0 Å². The lowest BCUT2D eigenvalue weighted by molar-refractivity contribution is 0.0197. The molecule has 1 fully saturated rings. The van der Waals surface area contributed by atoms with Gasteiger partial charge >= 0.3 is 0 Å². The third-order valence-corrected chi connectivity index (χ3v) is 1.98. The van der Waals surface area contributed by atoms with Crippen molar-refractivity contribution in [1.82, 2.24) is 0 Å². The third kappa shape index (κ3) is 1.37.